The number of alkyl halides is 3. The fourth-order valence-electron chi connectivity index (χ4n) is 4.97. The average molecular weight is 621 g/mol. The average Bonchev–Trinajstić information content (AvgIpc) is 2.93. The monoisotopic (exact) mass is 620 g/mol. The van der Waals surface area contributed by atoms with Gasteiger partial charge in [0.1, 0.15) is 5.69 Å². The number of nitrogens with one attached hydrogen (secondary N) is 1. The van der Waals surface area contributed by atoms with Crippen molar-refractivity contribution in [2.45, 2.75) is 68.1 Å². The van der Waals surface area contributed by atoms with Crippen molar-refractivity contribution in [1.82, 2.24) is 19.9 Å². The molecule has 0 radical (unpaired) electrons. The van der Waals surface area contributed by atoms with E-state index < -0.39 is 27.8 Å². The highest BCUT2D eigenvalue weighted by Gasteiger charge is 2.34. The topological polar surface area (TPSA) is 133 Å². The van der Waals surface area contributed by atoms with Crippen molar-refractivity contribution in [3.8, 4) is 17.1 Å². The maximum atomic E-state index is 13.4. The number of ether oxygens (including phenoxy) is 1. The Morgan fingerprint density at radius 1 is 1.07 bits per heavy atom. The molecule has 0 amide bonds. The number of rotatable bonds is 8. The van der Waals surface area contributed by atoms with Crippen molar-refractivity contribution in [1.29, 1.82) is 0 Å². The first-order chi connectivity index (χ1) is 19.9. The van der Waals surface area contributed by atoms with E-state index in [1.807, 2.05) is 6.92 Å². The number of aromatic nitrogens is 4. The van der Waals surface area contributed by atoms with Crippen molar-refractivity contribution in [3.63, 3.8) is 0 Å². The second kappa shape index (κ2) is 12.0. The van der Waals surface area contributed by atoms with Crippen LogP contribution >= 0.6 is 11.6 Å². The maximum absolute atomic E-state index is 13.4. The molecule has 1 aliphatic carbocycles. The van der Waals surface area contributed by atoms with Gasteiger partial charge < -0.3 is 15.8 Å². The van der Waals surface area contributed by atoms with E-state index in [1.165, 1.54) is 18.2 Å². The van der Waals surface area contributed by atoms with Gasteiger partial charge in [0.25, 0.3) is 0 Å². The van der Waals surface area contributed by atoms with Gasteiger partial charge in [-0.05, 0) is 61.9 Å². The van der Waals surface area contributed by atoms with E-state index in [1.54, 1.807) is 24.4 Å². The molecular formula is C28H28ClF3N6O3S. The number of sulfone groups is 1. The fourth-order valence-corrected chi connectivity index (χ4v) is 6.79. The lowest BCUT2D eigenvalue weighted by molar-refractivity contribution is -0.276. The Kier molecular flexibility index (Phi) is 8.53. The van der Waals surface area contributed by atoms with Crippen LogP contribution in [-0.2, 0) is 22.0 Å². The predicted molar refractivity (Wildman–Crippen MR) is 153 cm³/mol. The number of aryl methyl sites for hydroxylation is 1. The van der Waals surface area contributed by atoms with Crippen molar-refractivity contribution in [2.24, 2.45) is 5.73 Å². The lowest BCUT2D eigenvalue weighted by atomic mass is 9.92. The maximum Gasteiger partial charge on any atom is 0.574 e. The van der Waals surface area contributed by atoms with E-state index in [0.717, 1.165) is 37.4 Å². The summed E-state index contributed by atoms with van der Waals surface area (Å²) in [7, 11) is -4.04. The minimum atomic E-state index is -5.10. The summed E-state index contributed by atoms with van der Waals surface area (Å²) in [6.07, 6.45) is 1.81. The molecule has 0 aliphatic heterocycles. The van der Waals surface area contributed by atoms with Gasteiger partial charge in [0, 0.05) is 29.2 Å². The van der Waals surface area contributed by atoms with Crippen LogP contribution in [-0.4, -0.2) is 46.8 Å². The lowest BCUT2D eigenvalue weighted by Crippen LogP contribution is -2.33. The molecule has 14 heteroatoms. The van der Waals surface area contributed by atoms with Gasteiger partial charge in [-0.2, -0.15) is 0 Å². The zero-order valence-corrected chi connectivity index (χ0v) is 24.1. The van der Waals surface area contributed by atoms with E-state index in [-0.39, 0.29) is 39.0 Å². The first-order valence-corrected chi connectivity index (χ1v) is 15.4. The van der Waals surface area contributed by atoms with Crippen LogP contribution in [0.15, 0.2) is 53.7 Å². The Balaban J connectivity index is 1.50. The molecule has 0 unspecified atom stereocenters. The quantitative estimate of drug-likeness (QED) is 0.249. The number of anilines is 1. The Morgan fingerprint density at radius 2 is 1.81 bits per heavy atom. The van der Waals surface area contributed by atoms with Crippen molar-refractivity contribution < 1.29 is 26.3 Å². The SMILES string of the molecule is CCc1cc(-c2ncc(CS(=O)(=O)c3ccccc3Cl)nc2OC(F)(F)F)cc2cnc(NC3CCC(N)CC3)nc12. The lowest BCUT2D eigenvalue weighted by Gasteiger charge is -2.26. The van der Waals surface area contributed by atoms with Gasteiger partial charge in [-0.1, -0.05) is 30.7 Å². The summed E-state index contributed by atoms with van der Waals surface area (Å²) >= 11 is 6.03. The molecule has 1 aliphatic rings. The second-order valence-electron chi connectivity index (χ2n) is 10.1. The minimum Gasteiger partial charge on any atom is -0.385 e. The van der Waals surface area contributed by atoms with Crippen LogP contribution < -0.4 is 15.8 Å². The van der Waals surface area contributed by atoms with E-state index in [0.29, 0.717) is 23.3 Å². The molecule has 2 heterocycles. The molecule has 222 valence electrons. The van der Waals surface area contributed by atoms with Crippen molar-refractivity contribution >= 4 is 38.3 Å². The molecule has 1 fully saturated rings. The van der Waals surface area contributed by atoms with Gasteiger partial charge in [0.15, 0.2) is 9.84 Å². The molecule has 2 aromatic heterocycles. The van der Waals surface area contributed by atoms with Gasteiger partial charge in [0.2, 0.25) is 11.8 Å². The normalized spacial score (nSPS) is 17.8. The van der Waals surface area contributed by atoms with E-state index >= 15 is 0 Å². The largest absolute Gasteiger partial charge is 0.574 e. The predicted octanol–water partition coefficient (Wildman–Crippen LogP) is 5.86. The highest BCUT2D eigenvalue weighted by atomic mass is 35.5. The van der Waals surface area contributed by atoms with Crippen LogP contribution in [0.3, 0.4) is 0 Å². The summed E-state index contributed by atoms with van der Waals surface area (Å²) in [6, 6.07) is 9.46. The molecule has 5 rings (SSSR count). The molecule has 0 bridgehead atoms. The van der Waals surface area contributed by atoms with Crippen LogP contribution in [0.2, 0.25) is 5.02 Å². The summed E-state index contributed by atoms with van der Waals surface area (Å²) < 4.78 is 70.4. The molecule has 0 saturated heterocycles. The number of halogens is 4. The Bertz CT molecular complexity index is 1710. The second-order valence-corrected chi connectivity index (χ2v) is 12.5. The number of nitrogens with two attached hydrogens (primary N) is 1. The number of fused-ring (bicyclic) bond motifs is 1. The first kappa shape index (κ1) is 29.9. The summed E-state index contributed by atoms with van der Waals surface area (Å²) in [4.78, 5) is 17.0. The number of hydrogen-bond donors (Lipinski definition) is 2. The Morgan fingerprint density at radius 3 is 2.50 bits per heavy atom. The summed E-state index contributed by atoms with van der Waals surface area (Å²) in [5, 5.41) is 3.94. The summed E-state index contributed by atoms with van der Waals surface area (Å²) in [5.74, 6) is -1.13. The third-order valence-corrected chi connectivity index (χ3v) is 9.18. The van der Waals surface area contributed by atoms with Crippen LogP contribution in [0.25, 0.3) is 22.2 Å². The highest BCUT2D eigenvalue weighted by molar-refractivity contribution is 7.90. The van der Waals surface area contributed by atoms with Crippen LogP contribution in [0.1, 0.15) is 43.9 Å². The van der Waals surface area contributed by atoms with Crippen LogP contribution in [0, 0.1) is 0 Å². The van der Waals surface area contributed by atoms with E-state index in [4.69, 9.17) is 17.3 Å². The standard InChI is InChI=1S/C28H28ClF3N6O3S/c1-2-16-11-17(12-18-13-35-27(38-24(16)18)37-20-9-7-19(33)8-10-20)25-26(41-28(30,31)32)36-21(14-34-25)15-42(39,40)23-6-4-3-5-22(23)29/h3-6,11-14,19-20H,2,7-10,15,33H2,1H3,(H,35,37,38). The van der Waals surface area contributed by atoms with E-state index in [2.05, 4.69) is 30.0 Å². The third kappa shape index (κ3) is 6.90. The van der Waals surface area contributed by atoms with Crippen molar-refractivity contribution in [2.75, 3.05) is 5.32 Å². The van der Waals surface area contributed by atoms with Gasteiger partial charge in [0.05, 0.1) is 33.1 Å². The summed E-state index contributed by atoms with van der Waals surface area (Å²) in [6.45, 7) is 1.90. The van der Waals surface area contributed by atoms with Gasteiger partial charge in [-0.3, -0.25) is 0 Å². The molecule has 1 saturated carbocycles. The molecule has 4 aromatic rings. The third-order valence-electron chi connectivity index (χ3n) is 7.03. The van der Waals surface area contributed by atoms with E-state index in [9.17, 15) is 21.6 Å². The molecule has 0 spiro atoms. The minimum absolute atomic E-state index is 0.0133. The number of hydrogen-bond acceptors (Lipinski definition) is 9. The summed E-state index contributed by atoms with van der Waals surface area (Å²) in [5.41, 5.74) is 7.25. The number of benzene rings is 2. The van der Waals surface area contributed by atoms with Gasteiger partial charge in [-0.25, -0.2) is 28.4 Å². The van der Waals surface area contributed by atoms with Gasteiger partial charge in [-0.15, -0.1) is 13.2 Å². The molecule has 42 heavy (non-hydrogen) atoms. The Hall–Kier alpha value is -3.55. The fraction of sp³-hybridized carbons (Fsp3) is 0.357. The smallest absolute Gasteiger partial charge is 0.385 e. The zero-order chi connectivity index (χ0) is 30.1. The molecule has 2 aromatic carbocycles. The van der Waals surface area contributed by atoms with Crippen molar-refractivity contribution in [3.05, 3.63) is 65.1 Å². The zero-order valence-electron chi connectivity index (χ0n) is 22.5. The number of nitrogens with zero attached hydrogens (tertiary/aromatic N) is 4. The Labute approximate surface area is 245 Å². The van der Waals surface area contributed by atoms with Crippen LogP contribution in [0.4, 0.5) is 19.1 Å². The molecular weight excluding hydrogens is 593 g/mol. The molecule has 9 nitrogen and oxygen atoms in total. The molecule has 3 N–H and O–H groups in total. The molecule has 0 atom stereocenters. The highest BCUT2D eigenvalue weighted by Crippen LogP contribution is 2.35. The first-order valence-electron chi connectivity index (χ1n) is 13.3. The van der Waals surface area contributed by atoms with Crippen LogP contribution in [0.5, 0.6) is 5.88 Å². The van der Waals surface area contributed by atoms with Gasteiger partial charge >= 0.3 is 6.36 Å².